The highest BCUT2D eigenvalue weighted by Gasteiger charge is 2.14. The van der Waals surface area contributed by atoms with E-state index in [-0.39, 0.29) is 11.1 Å². The van der Waals surface area contributed by atoms with Gasteiger partial charge in [0.2, 0.25) is 11.5 Å². The summed E-state index contributed by atoms with van der Waals surface area (Å²) in [4.78, 5) is 28.0. The molecule has 0 bridgehead atoms. The lowest BCUT2D eigenvalue weighted by molar-refractivity contribution is -0.118. The molecule has 0 unspecified atom stereocenters. The van der Waals surface area contributed by atoms with Crippen molar-refractivity contribution in [2.24, 2.45) is 4.99 Å². The van der Waals surface area contributed by atoms with Gasteiger partial charge in [-0.15, -0.1) is 0 Å². The second-order valence-corrected chi connectivity index (χ2v) is 5.33. The molecule has 25 heavy (non-hydrogen) atoms. The van der Waals surface area contributed by atoms with Crippen LogP contribution in [0.15, 0.2) is 64.0 Å². The van der Waals surface area contributed by atoms with Crippen molar-refractivity contribution in [1.29, 1.82) is 0 Å². The van der Waals surface area contributed by atoms with Gasteiger partial charge in [0.25, 0.3) is 5.91 Å². The Kier molecular flexibility index (Phi) is 4.61. The maximum atomic E-state index is 12.4. The van der Waals surface area contributed by atoms with E-state index in [2.05, 4.69) is 10.3 Å². The highest BCUT2D eigenvalue weighted by Crippen LogP contribution is 2.21. The molecule has 0 fully saturated rings. The van der Waals surface area contributed by atoms with E-state index >= 15 is 0 Å². The number of hydrogen-bond donors (Lipinski definition) is 1. The number of amides is 2. The van der Waals surface area contributed by atoms with Gasteiger partial charge in [0.05, 0.1) is 12.8 Å². The van der Waals surface area contributed by atoms with E-state index < -0.39 is 11.8 Å². The van der Waals surface area contributed by atoms with E-state index in [1.54, 1.807) is 43.5 Å². The maximum absolute atomic E-state index is 12.4. The number of para-hydroxylation sites is 1. The van der Waals surface area contributed by atoms with Crippen molar-refractivity contribution in [2.75, 3.05) is 7.11 Å². The minimum absolute atomic E-state index is 0.127. The van der Waals surface area contributed by atoms with Crippen molar-refractivity contribution in [3.05, 3.63) is 65.7 Å². The normalized spacial score (nSPS) is 11.4. The van der Waals surface area contributed by atoms with Crippen LogP contribution in [0, 0.1) is 0 Å². The van der Waals surface area contributed by atoms with E-state index in [9.17, 15) is 9.59 Å². The van der Waals surface area contributed by atoms with Crippen LogP contribution in [0.3, 0.4) is 0 Å². The van der Waals surface area contributed by atoms with Gasteiger partial charge in [-0.2, -0.15) is 0 Å². The molecule has 1 aromatic heterocycles. The number of nitrogens with one attached hydrogen (secondary N) is 1. The van der Waals surface area contributed by atoms with Crippen LogP contribution in [-0.2, 0) is 4.79 Å². The minimum Gasteiger partial charge on any atom is -0.497 e. The third kappa shape index (κ3) is 3.74. The predicted molar refractivity (Wildman–Crippen MR) is 92.6 cm³/mol. The molecule has 2 aromatic carbocycles. The number of benzene rings is 2. The van der Waals surface area contributed by atoms with E-state index in [1.807, 2.05) is 18.2 Å². The van der Waals surface area contributed by atoms with Crippen LogP contribution in [0.25, 0.3) is 11.0 Å². The first-order chi connectivity index (χ1) is 12.1. The quantitative estimate of drug-likeness (QED) is 0.797. The molecule has 0 spiro atoms. The van der Waals surface area contributed by atoms with Gasteiger partial charge in [-0.1, -0.05) is 18.2 Å². The molecule has 0 radical (unpaired) electrons. The molecule has 126 valence electrons. The van der Waals surface area contributed by atoms with Gasteiger partial charge in [-0.05, 0) is 36.4 Å². The highest BCUT2D eigenvalue weighted by molar-refractivity contribution is 6.05. The van der Waals surface area contributed by atoms with Gasteiger partial charge in [-0.25, -0.2) is 4.99 Å². The summed E-state index contributed by atoms with van der Waals surface area (Å²) in [7, 11) is 1.56. The molecule has 0 saturated carbocycles. The lowest BCUT2D eigenvalue weighted by Crippen LogP contribution is -2.32. The molecule has 0 aliphatic carbocycles. The summed E-state index contributed by atoms with van der Waals surface area (Å²) in [5.74, 6) is -0.398. The molecule has 1 N–H and O–H groups in total. The van der Waals surface area contributed by atoms with Gasteiger partial charge < -0.3 is 9.15 Å². The van der Waals surface area contributed by atoms with Crippen molar-refractivity contribution in [2.45, 2.75) is 6.92 Å². The Balaban J connectivity index is 2.23. The number of carbonyl (C=O) groups excluding carboxylic acids is 2. The van der Waals surface area contributed by atoms with Gasteiger partial charge in [0.1, 0.15) is 16.9 Å². The number of hydrogen-bond acceptors (Lipinski definition) is 5. The Morgan fingerprint density at radius 1 is 1.08 bits per heavy atom. The Hall–Kier alpha value is -3.41. The summed E-state index contributed by atoms with van der Waals surface area (Å²) in [6.45, 7) is 1.27. The van der Waals surface area contributed by atoms with E-state index in [0.717, 1.165) is 0 Å². The van der Waals surface area contributed by atoms with Crippen LogP contribution in [-0.4, -0.2) is 18.9 Å². The van der Waals surface area contributed by atoms with Gasteiger partial charge in [0, 0.05) is 12.3 Å². The number of methoxy groups -OCH3 is 1. The number of imide groups is 1. The number of nitrogens with zero attached hydrogens (tertiary/aromatic N) is 1. The number of fused-ring (bicyclic) bond motifs is 1. The van der Waals surface area contributed by atoms with E-state index in [4.69, 9.17) is 9.15 Å². The zero-order valence-electron chi connectivity index (χ0n) is 13.8. The molecule has 0 aliphatic rings. The fourth-order valence-corrected chi connectivity index (χ4v) is 2.33. The van der Waals surface area contributed by atoms with E-state index in [0.29, 0.717) is 22.4 Å². The molecule has 6 nitrogen and oxygen atoms in total. The molecule has 0 atom stereocenters. The predicted octanol–water partition coefficient (Wildman–Crippen LogP) is 2.95. The Morgan fingerprint density at radius 2 is 1.84 bits per heavy atom. The van der Waals surface area contributed by atoms with Crippen LogP contribution in [0.5, 0.6) is 5.75 Å². The highest BCUT2D eigenvalue weighted by atomic mass is 16.5. The van der Waals surface area contributed by atoms with Crippen molar-refractivity contribution >= 4 is 28.5 Å². The third-order valence-electron chi connectivity index (χ3n) is 3.47. The lowest BCUT2D eigenvalue weighted by Gasteiger charge is -2.06. The summed E-state index contributed by atoms with van der Waals surface area (Å²) in [5.41, 5.74) is 1.48. The fraction of sp³-hybridized carbons (Fsp3) is 0.105. The summed E-state index contributed by atoms with van der Waals surface area (Å²) in [6.07, 6.45) is 0. The summed E-state index contributed by atoms with van der Waals surface area (Å²) in [6, 6.07) is 16.0. The molecular formula is C19H16N2O4. The van der Waals surface area contributed by atoms with Crippen LogP contribution in [0.1, 0.15) is 17.3 Å². The van der Waals surface area contributed by atoms with Crippen molar-refractivity contribution in [3.63, 3.8) is 0 Å². The molecule has 6 heteroatoms. The van der Waals surface area contributed by atoms with Crippen LogP contribution in [0.2, 0.25) is 0 Å². The summed E-state index contributed by atoms with van der Waals surface area (Å²) < 4.78 is 11.0. The number of ether oxygens (including phenoxy) is 1. The summed E-state index contributed by atoms with van der Waals surface area (Å²) >= 11 is 0. The van der Waals surface area contributed by atoms with Gasteiger partial charge >= 0.3 is 0 Å². The monoisotopic (exact) mass is 336 g/mol. The fourth-order valence-electron chi connectivity index (χ4n) is 2.33. The molecular weight excluding hydrogens is 320 g/mol. The average molecular weight is 336 g/mol. The largest absolute Gasteiger partial charge is 0.497 e. The first-order valence-corrected chi connectivity index (χ1v) is 7.60. The average Bonchev–Trinajstić information content (AvgIpc) is 2.61. The first kappa shape index (κ1) is 16.4. The second kappa shape index (κ2) is 7.00. The summed E-state index contributed by atoms with van der Waals surface area (Å²) in [5, 5.41) is 2.92. The van der Waals surface area contributed by atoms with E-state index in [1.165, 1.54) is 6.92 Å². The topological polar surface area (TPSA) is 80.9 Å². The molecule has 0 saturated heterocycles. The lowest BCUT2D eigenvalue weighted by atomic mass is 10.1. The van der Waals surface area contributed by atoms with Crippen LogP contribution in [0.4, 0.5) is 5.69 Å². The molecule has 1 heterocycles. The van der Waals surface area contributed by atoms with Gasteiger partial charge in [0.15, 0.2) is 0 Å². The van der Waals surface area contributed by atoms with Crippen LogP contribution < -0.4 is 15.6 Å². The first-order valence-electron chi connectivity index (χ1n) is 7.60. The molecule has 3 aromatic rings. The number of rotatable bonds is 3. The Bertz CT molecular complexity index is 1010. The molecule has 0 aliphatic heterocycles. The van der Waals surface area contributed by atoms with Crippen molar-refractivity contribution < 1.29 is 18.7 Å². The third-order valence-corrected chi connectivity index (χ3v) is 3.47. The van der Waals surface area contributed by atoms with Gasteiger partial charge in [-0.3, -0.25) is 14.9 Å². The maximum Gasteiger partial charge on any atom is 0.263 e. The Morgan fingerprint density at radius 3 is 2.52 bits per heavy atom. The zero-order valence-corrected chi connectivity index (χ0v) is 13.8. The Labute approximate surface area is 143 Å². The molecule has 3 rings (SSSR count). The number of carbonyl (C=O) groups is 2. The standard InChI is InChI=1S/C19H16N2O4/c1-12(22)20-18(23)16-11-13-10-15(24-2)8-9-17(13)25-19(16)21-14-6-4-3-5-7-14/h3-11H,1-2H3,(H,20,22,23). The smallest absolute Gasteiger partial charge is 0.263 e. The zero-order chi connectivity index (χ0) is 17.8. The SMILES string of the molecule is COc1ccc2oc(=Nc3ccccc3)c(C(=O)NC(C)=O)cc2c1. The second-order valence-electron chi connectivity index (χ2n) is 5.33. The van der Waals surface area contributed by atoms with Crippen LogP contribution >= 0.6 is 0 Å². The van der Waals surface area contributed by atoms with Crippen molar-refractivity contribution in [3.8, 4) is 5.75 Å². The van der Waals surface area contributed by atoms with Crippen molar-refractivity contribution in [1.82, 2.24) is 5.32 Å². The minimum atomic E-state index is -0.573. The molecule has 2 amide bonds.